The Labute approximate surface area is 121 Å². The van der Waals surface area contributed by atoms with E-state index in [0.29, 0.717) is 6.04 Å². The lowest BCUT2D eigenvalue weighted by Gasteiger charge is -2.36. The first-order valence-corrected chi connectivity index (χ1v) is 7.91. The highest BCUT2D eigenvalue weighted by Crippen LogP contribution is 2.23. The summed E-state index contributed by atoms with van der Waals surface area (Å²) in [5.41, 5.74) is 1.38. The van der Waals surface area contributed by atoms with Crippen LogP contribution in [-0.4, -0.2) is 30.1 Å². The maximum Gasteiger partial charge on any atom is 0.0406 e. The zero-order valence-electron chi connectivity index (χ0n) is 11.4. The van der Waals surface area contributed by atoms with Crippen LogP contribution in [0, 0.1) is 0 Å². The molecule has 3 rings (SSSR count). The molecule has 0 spiro atoms. The highest BCUT2D eigenvalue weighted by Gasteiger charge is 2.26. The Morgan fingerprint density at radius 2 is 1.89 bits per heavy atom. The van der Waals surface area contributed by atoms with Gasteiger partial charge in [-0.15, -0.1) is 0 Å². The van der Waals surface area contributed by atoms with E-state index in [9.17, 15) is 0 Å². The van der Waals surface area contributed by atoms with Gasteiger partial charge in [-0.2, -0.15) is 0 Å². The van der Waals surface area contributed by atoms with Crippen molar-refractivity contribution >= 4 is 11.6 Å². The fraction of sp³-hybridized carbons (Fsp3) is 0.625. The number of nitrogens with zero attached hydrogens (tertiary/aromatic N) is 1. The fourth-order valence-electron chi connectivity index (χ4n) is 2.91. The molecular weight excluding hydrogens is 256 g/mol. The summed E-state index contributed by atoms with van der Waals surface area (Å²) in [7, 11) is 0. The summed E-state index contributed by atoms with van der Waals surface area (Å²) in [4.78, 5) is 2.64. The first-order valence-electron chi connectivity index (χ1n) is 7.53. The Balaban J connectivity index is 1.57. The first kappa shape index (κ1) is 13.4. The minimum absolute atomic E-state index is 0.713. The molecule has 0 radical (unpaired) electrons. The monoisotopic (exact) mass is 278 g/mol. The third kappa shape index (κ3) is 3.95. The average Bonchev–Trinajstić information content (AvgIpc) is 3.25. The fourth-order valence-corrected chi connectivity index (χ4v) is 3.04. The summed E-state index contributed by atoms with van der Waals surface area (Å²) < 4.78 is 0. The molecule has 1 saturated heterocycles. The second-order valence-electron chi connectivity index (χ2n) is 5.93. The Hall–Kier alpha value is -0.570. The molecule has 1 saturated carbocycles. The first-order chi connectivity index (χ1) is 9.31. The summed E-state index contributed by atoms with van der Waals surface area (Å²) in [5, 5.41) is 4.52. The molecule has 0 amide bonds. The number of rotatable bonds is 5. The van der Waals surface area contributed by atoms with Gasteiger partial charge in [0.1, 0.15) is 0 Å². The second kappa shape index (κ2) is 6.25. The van der Waals surface area contributed by atoms with Gasteiger partial charge in [0, 0.05) is 30.2 Å². The van der Waals surface area contributed by atoms with E-state index in [1.165, 1.54) is 44.2 Å². The van der Waals surface area contributed by atoms with Crippen molar-refractivity contribution in [1.82, 2.24) is 10.2 Å². The minimum atomic E-state index is 0.713. The van der Waals surface area contributed by atoms with Crippen LogP contribution in [0.3, 0.4) is 0 Å². The minimum Gasteiger partial charge on any atom is -0.312 e. The van der Waals surface area contributed by atoms with Gasteiger partial charge in [-0.25, -0.2) is 0 Å². The Bertz CT molecular complexity index is 400. The van der Waals surface area contributed by atoms with Crippen LogP contribution in [0.25, 0.3) is 0 Å². The average molecular weight is 279 g/mol. The summed E-state index contributed by atoms with van der Waals surface area (Å²) >= 11 is 5.95. The van der Waals surface area contributed by atoms with E-state index in [0.717, 1.165) is 24.2 Å². The normalized spacial score (nSPS) is 24.6. The molecule has 2 aliphatic rings. The molecule has 2 fully saturated rings. The van der Waals surface area contributed by atoms with Crippen molar-refractivity contribution in [3.8, 4) is 0 Å². The third-order valence-corrected chi connectivity index (χ3v) is 4.52. The number of hydrogen-bond donors (Lipinski definition) is 1. The molecule has 1 unspecified atom stereocenters. The van der Waals surface area contributed by atoms with Crippen molar-refractivity contribution in [2.75, 3.05) is 13.1 Å². The van der Waals surface area contributed by atoms with Crippen LogP contribution in [0.5, 0.6) is 0 Å². The zero-order valence-corrected chi connectivity index (χ0v) is 12.2. The topological polar surface area (TPSA) is 15.3 Å². The number of hydrogen-bond acceptors (Lipinski definition) is 2. The van der Waals surface area contributed by atoms with Crippen LogP contribution in [0.15, 0.2) is 24.3 Å². The Morgan fingerprint density at radius 1 is 1.11 bits per heavy atom. The summed E-state index contributed by atoms with van der Waals surface area (Å²) in [6, 6.07) is 9.84. The van der Waals surface area contributed by atoms with E-state index in [4.69, 9.17) is 11.6 Å². The van der Waals surface area contributed by atoms with Gasteiger partial charge in [-0.05, 0) is 49.9 Å². The Kier molecular flexibility index (Phi) is 4.42. The highest BCUT2D eigenvalue weighted by atomic mass is 35.5. The summed E-state index contributed by atoms with van der Waals surface area (Å²) in [6.07, 6.45) is 6.82. The van der Waals surface area contributed by atoms with Crippen molar-refractivity contribution in [2.45, 2.75) is 50.7 Å². The van der Waals surface area contributed by atoms with Crippen LogP contribution in [0.4, 0.5) is 0 Å². The molecule has 1 heterocycles. The van der Waals surface area contributed by atoms with Crippen LogP contribution in [0.2, 0.25) is 5.02 Å². The molecule has 1 aromatic carbocycles. The van der Waals surface area contributed by atoms with Crippen molar-refractivity contribution in [1.29, 1.82) is 0 Å². The maximum atomic E-state index is 5.95. The zero-order chi connectivity index (χ0) is 13.1. The van der Waals surface area contributed by atoms with Crippen LogP contribution in [-0.2, 0) is 6.54 Å². The van der Waals surface area contributed by atoms with Crippen LogP contribution < -0.4 is 5.32 Å². The number of benzene rings is 1. The van der Waals surface area contributed by atoms with E-state index in [1.54, 1.807) is 0 Å². The van der Waals surface area contributed by atoms with Gasteiger partial charge in [0.25, 0.3) is 0 Å². The van der Waals surface area contributed by atoms with Crippen LogP contribution in [0.1, 0.15) is 37.7 Å². The van der Waals surface area contributed by atoms with Gasteiger partial charge in [0.05, 0.1) is 0 Å². The van der Waals surface area contributed by atoms with Gasteiger partial charge in [0.2, 0.25) is 0 Å². The molecule has 0 aromatic heterocycles. The van der Waals surface area contributed by atoms with Gasteiger partial charge < -0.3 is 5.32 Å². The lowest BCUT2D eigenvalue weighted by Crippen LogP contribution is -2.45. The van der Waals surface area contributed by atoms with Crippen molar-refractivity contribution in [3.05, 3.63) is 34.9 Å². The Morgan fingerprint density at radius 3 is 2.63 bits per heavy atom. The molecule has 1 aliphatic heterocycles. The van der Waals surface area contributed by atoms with E-state index in [1.807, 2.05) is 12.1 Å². The summed E-state index contributed by atoms with van der Waals surface area (Å²) in [5.74, 6) is 0. The van der Waals surface area contributed by atoms with E-state index in [2.05, 4.69) is 22.3 Å². The van der Waals surface area contributed by atoms with Crippen LogP contribution >= 0.6 is 11.6 Å². The van der Waals surface area contributed by atoms with Crippen molar-refractivity contribution in [2.24, 2.45) is 0 Å². The molecule has 19 heavy (non-hydrogen) atoms. The largest absolute Gasteiger partial charge is 0.312 e. The van der Waals surface area contributed by atoms with E-state index in [-0.39, 0.29) is 0 Å². The molecule has 0 bridgehead atoms. The second-order valence-corrected chi connectivity index (χ2v) is 6.37. The van der Waals surface area contributed by atoms with Crippen molar-refractivity contribution in [3.63, 3.8) is 0 Å². The molecule has 3 heteroatoms. The van der Waals surface area contributed by atoms with E-state index >= 15 is 0 Å². The quantitative estimate of drug-likeness (QED) is 0.888. The molecule has 104 valence electrons. The molecular formula is C16H23ClN2. The molecule has 1 atom stereocenters. The summed E-state index contributed by atoms with van der Waals surface area (Å²) in [6.45, 7) is 3.46. The molecule has 1 aromatic rings. The number of likely N-dealkylation sites (tertiary alicyclic amines) is 1. The third-order valence-electron chi connectivity index (χ3n) is 4.27. The van der Waals surface area contributed by atoms with E-state index < -0.39 is 0 Å². The van der Waals surface area contributed by atoms with Gasteiger partial charge in [-0.3, -0.25) is 4.90 Å². The number of piperidine rings is 1. The molecule has 1 N–H and O–H groups in total. The molecule has 1 aliphatic carbocycles. The lowest BCUT2D eigenvalue weighted by molar-refractivity contribution is 0.137. The predicted octanol–water partition coefficient (Wildman–Crippen LogP) is 3.45. The number of nitrogens with one attached hydrogen (secondary N) is 1. The van der Waals surface area contributed by atoms with Gasteiger partial charge in [-0.1, -0.05) is 30.2 Å². The lowest BCUT2D eigenvalue weighted by atomic mass is 10.0. The van der Waals surface area contributed by atoms with Gasteiger partial charge in [0.15, 0.2) is 0 Å². The smallest absolute Gasteiger partial charge is 0.0406 e. The molecule has 2 nitrogen and oxygen atoms in total. The van der Waals surface area contributed by atoms with Crippen molar-refractivity contribution < 1.29 is 0 Å². The highest BCUT2D eigenvalue weighted by molar-refractivity contribution is 6.30. The maximum absolute atomic E-state index is 5.95. The van der Waals surface area contributed by atoms with Gasteiger partial charge >= 0.3 is 0 Å². The predicted molar refractivity (Wildman–Crippen MR) is 80.5 cm³/mol. The standard InChI is InChI=1S/C16H23ClN2/c17-14-6-4-13(5-7-14)12-19-10-2-1-3-16(19)11-18-15-8-9-15/h4-7,15-16,18H,1-3,8-12H2. The SMILES string of the molecule is Clc1ccc(CN2CCCCC2CNC2CC2)cc1. The number of halogens is 1.